The van der Waals surface area contributed by atoms with E-state index in [0.717, 1.165) is 4.47 Å². The molecule has 1 N–H and O–H groups in total. The average Bonchev–Trinajstić information content (AvgIpc) is 2.45. The topological polar surface area (TPSA) is 46.5 Å². The Bertz CT molecular complexity index is 687. The van der Waals surface area contributed by atoms with Crippen LogP contribution in [0.3, 0.4) is 0 Å². The largest absolute Gasteiger partial charge is 0.488 e. The van der Waals surface area contributed by atoms with Crippen LogP contribution >= 0.6 is 15.9 Å². The van der Waals surface area contributed by atoms with Crippen molar-refractivity contribution in [1.29, 1.82) is 0 Å². The predicted molar refractivity (Wildman–Crippen MR) is 90.6 cm³/mol. The van der Waals surface area contributed by atoms with E-state index in [9.17, 15) is 9.90 Å². The van der Waals surface area contributed by atoms with E-state index in [1.165, 1.54) is 5.56 Å². The smallest absolute Gasteiger partial charge is 0.336 e. The van der Waals surface area contributed by atoms with Gasteiger partial charge in [-0.3, -0.25) is 0 Å². The zero-order valence-electron chi connectivity index (χ0n) is 12.9. The zero-order chi connectivity index (χ0) is 16.3. The first-order valence-corrected chi connectivity index (χ1v) is 7.82. The number of halogens is 1. The minimum absolute atomic E-state index is 0.0664. The van der Waals surface area contributed by atoms with Gasteiger partial charge in [-0.1, -0.05) is 45.0 Å². The Kier molecular flexibility index (Phi) is 4.91. The minimum Gasteiger partial charge on any atom is -0.488 e. The normalized spacial score (nSPS) is 11.3. The van der Waals surface area contributed by atoms with E-state index >= 15 is 0 Å². The van der Waals surface area contributed by atoms with Crippen LogP contribution in [0.4, 0.5) is 0 Å². The predicted octanol–water partition coefficient (Wildman–Crippen LogP) is 5.02. The van der Waals surface area contributed by atoms with Crippen LogP contribution in [0.5, 0.6) is 5.75 Å². The van der Waals surface area contributed by atoms with Crippen molar-refractivity contribution in [1.82, 2.24) is 0 Å². The van der Waals surface area contributed by atoms with E-state index in [-0.39, 0.29) is 17.6 Å². The highest BCUT2D eigenvalue weighted by Gasteiger charge is 2.16. The molecule has 0 radical (unpaired) electrons. The molecule has 22 heavy (non-hydrogen) atoms. The zero-order valence-corrected chi connectivity index (χ0v) is 14.5. The van der Waals surface area contributed by atoms with Gasteiger partial charge in [0.2, 0.25) is 0 Å². The van der Waals surface area contributed by atoms with Crippen LogP contribution in [-0.2, 0) is 12.0 Å². The van der Waals surface area contributed by atoms with Gasteiger partial charge in [-0.15, -0.1) is 0 Å². The fourth-order valence-electron chi connectivity index (χ4n) is 2.09. The maximum Gasteiger partial charge on any atom is 0.336 e. The number of hydrogen-bond donors (Lipinski definition) is 1. The fraction of sp³-hybridized carbons (Fsp3) is 0.278. The van der Waals surface area contributed by atoms with E-state index in [2.05, 4.69) is 36.7 Å². The molecule has 0 saturated heterocycles. The summed E-state index contributed by atoms with van der Waals surface area (Å²) in [5.41, 5.74) is 2.20. The Morgan fingerprint density at radius 1 is 1.18 bits per heavy atom. The highest BCUT2D eigenvalue weighted by molar-refractivity contribution is 9.10. The third kappa shape index (κ3) is 3.89. The quantitative estimate of drug-likeness (QED) is 0.829. The third-order valence-electron chi connectivity index (χ3n) is 3.43. The number of hydrogen-bond acceptors (Lipinski definition) is 2. The molecule has 3 nitrogen and oxygen atoms in total. The Balaban J connectivity index is 2.18. The van der Waals surface area contributed by atoms with E-state index in [1.807, 2.05) is 24.3 Å². The van der Waals surface area contributed by atoms with Crippen LogP contribution in [0.2, 0.25) is 0 Å². The van der Waals surface area contributed by atoms with Crippen LogP contribution in [0.1, 0.15) is 42.3 Å². The van der Waals surface area contributed by atoms with Crippen molar-refractivity contribution in [3.05, 3.63) is 63.6 Å². The number of aromatic carboxylic acids is 1. The molecule has 0 amide bonds. The lowest BCUT2D eigenvalue weighted by Gasteiger charge is -2.20. The molecule has 4 heteroatoms. The maximum absolute atomic E-state index is 11.2. The first kappa shape index (κ1) is 16.6. The van der Waals surface area contributed by atoms with Crippen molar-refractivity contribution in [2.75, 3.05) is 0 Å². The van der Waals surface area contributed by atoms with Crippen LogP contribution in [0.15, 0.2) is 46.9 Å². The Morgan fingerprint density at radius 3 is 2.45 bits per heavy atom. The SMILES string of the molecule is CC(C)(C)c1ccc(OCc2ccccc2C(=O)O)c(Br)c1. The molecule has 0 unspecified atom stereocenters. The summed E-state index contributed by atoms with van der Waals surface area (Å²) in [6.45, 7) is 6.67. The molecule has 0 atom stereocenters. The van der Waals surface area contributed by atoms with Gasteiger partial charge in [0.05, 0.1) is 10.0 Å². The number of ether oxygens (including phenoxy) is 1. The van der Waals surface area contributed by atoms with Gasteiger partial charge in [-0.25, -0.2) is 4.79 Å². The van der Waals surface area contributed by atoms with E-state index < -0.39 is 5.97 Å². The van der Waals surface area contributed by atoms with E-state index in [0.29, 0.717) is 11.3 Å². The van der Waals surface area contributed by atoms with Gasteiger partial charge in [0.25, 0.3) is 0 Å². The first-order chi connectivity index (χ1) is 10.3. The molecular weight excluding hydrogens is 344 g/mol. The molecule has 0 saturated carbocycles. The summed E-state index contributed by atoms with van der Waals surface area (Å²) in [6.07, 6.45) is 0. The van der Waals surface area contributed by atoms with Crippen LogP contribution < -0.4 is 4.74 Å². The van der Waals surface area contributed by atoms with Gasteiger partial charge >= 0.3 is 5.97 Å². The summed E-state index contributed by atoms with van der Waals surface area (Å²) < 4.78 is 6.64. The molecule has 0 bridgehead atoms. The molecule has 116 valence electrons. The summed E-state index contributed by atoms with van der Waals surface area (Å²) in [6, 6.07) is 12.8. The Morgan fingerprint density at radius 2 is 1.86 bits per heavy atom. The van der Waals surface area contributed by atoms with Crippen molar-refractivity contribution >= 4 is 21.9 Å². The second kappa shape index (κ2) is 6.53. The van der Waals surface area contributed by atoms with Crippen molar-refractivity contribution < 1.29 is 14.6 Å². The number of carboxylic acid groups (broad SMARTS) is 1. The van der Waals surface area contributed by atoms with Crippen molar-refractivity contribution in [3.8, 4) is 5.75 Å². The number of carbonyl (C=O) groups is 1. The third-order valence-corrected chi connectivity index (χ3v) is 4.05. The molecule has 0 aliphatic heterocycles. The lowest BCUT2D eigenvalue weighted by Crippen LogP contribution is -2.11. The standard InChI is InChI=1S/C18H19BrO3/c1-18(2,3)13-8-9-16(15(19)10-13)22-11-12-6-4-5-7-14(12)17(20)21/h4-10H,11H2,1-3H3,(H,20,21). The van der Waals surface area contributed by atoms with Gasteiger partial charge in [0.15, 0.2) is 0 Å². The van der Waals surface area contributed by atoms with Crippen molar-refractivity contribution in [2.24, 2.45) is 0 Å². The Labute approximate surface area is 139 Å². The average molecular weight is 363 g/mol. The molecule has 0 heterocycles. The molecular formula is C18H19BrO3. The molecule has 2 rings (SSSR count). The Hall–Kier alpha value is -1.81. The number of rotatable bonds is 4. The van der Waals surface area contributed by atoms with E-state index in [1.54, 1.807) is 18.2 Å². The monoisotopic (exact) mass is 362 g/mol. The van der Waals surface area contributed by atoms with Gasteiger partial charge in [-0.2, -0.15) is 0 Å². The summed E-state index contributed by atoms with van der Waals surface area (Å²) >= 11 is 3.52. The molecule has 0 aliphatic rings. The molecule has 2 aromatic carbocycles. The first-order valence-electron chi connectivity index (χ1n) is 7.03. The summed E-state index contributed by atoms with van der Waals surface area (Å²) in [5.74, 6) is -0.241. The van der Waals surface area contributed by atoms with Gasteiger partial charge in [-0.05, 0) is 45.1 Å². The van der Waals surface area contributed by atoms with Crippen molar-refractivity contribution in [2.45, 2.75) is 32.8 Å². The van der Waals surface area contributed by atoms with E-state index in [4.69, 9.17) is 4.74 Å². The highest BCUT2D eigenvalue weighted by Crippen LogP contribution is 2.32. The summed E-state index contributed by atoms with van der Waals surface area (Å²) in [7, 11) is 0. The molecule has 0 fully saturated rings. The van der Waals surface area contributed by atoms with Gasteiger partial charge in [0, 0.05) is 5.56 Å². The molecule has 0 spiro atoms. The second-order valence-electron chi connectivity index (χ2n) is 6.15. The molecule has 0 aliphatic carbocycles. The number of carboxylic acids is 1. The van der Waals surface area contributed by atoms with Gasteiger partial charge in [0.1, 0.15) is 12.4 Å². The molecule has 2 aromatic rings. The summed E-state index contributed by atoms with van der Waals surface area (Å²) in [4.78, 5) is 11.2. The number of benzene rings is 2. The lowest BCUT2D eigenvalue weighted by atomic mass is 9.87. The van der Waals surface area contributed by atoms with Gasteiger partial charge < -0.3 is 9.84 Å². The van der Waals surface area contributed by atoms with Crippen LogP contribution in [0, 0.1) is 0 Å². The summed E-state index contributed by atoms with van der Waals surface area (Å²) in [5, 5.41) is 9.18. The second-order valence-corrected chi connectivity index (χ2v) is 7.00. The molecule has 0 aromatic heterocycles. The van der Waals surface area contributed by atoms with Crippen LogP contribution in [-0.4, -0.2) is 11.1 Å². The highest BCUT2D eigenvalue weighted by atomic mass is 79.9. The van der Waals surface area contributed by atoms with Crippen LogP contribution in [0.25, 0.3) is 0 Å². The van der Waals surface area contributed by atoms with Crippen molar-refractivity contribution in [3.63, 3.8) is 0 Å². The maximum atomic E-state index is 11.2. The lowest BCUT2D eigenvalue weighted by molar-refractivity contribution is 0.0694. The minimum atomic E-state index is -0.943. The fourth-order valence-corrected chi connectivity index (χ4v) is 2.59.